The van der Waals surface area contributed by atoms with Gasteiger partial charge in [0.1, 0.15) is 0 Å². The van der Waals surface area contributed by atoms with Crippen LogP contribution in [0.3, 0.4) is 0 Å². The van der Waals surface area contributed by atoms with Gasteiger partial charge in [0, 0.05) is 5.97 Å². The molecule has 0 amide bonds. The van der Waals surface area contributed by atoms with E-state index in [0.29, 0.717) is 0 Å². The first kappa shape index (κ1) is 65.8. The molecule has 15 heteroatoms. The van der Waals surface area contributed by atoms with Crippen LogP contribution < -0.4 is 51.2 Å². The Morgan fingerprint density at radius 1 is 0.579 bits per heavy atom. The molecule has 0 bridgehead atoms. The average Bonchev–Trinajstić information content (AvgIpc) is 2.73. The molecule has 0 saturated carbocycles. The Balaban J connectivity index is -0.0000000412. The molecule has 246 valence electrons. The first-order valence-corrected chi connectivity index (χ1v) is 13.4. The van der Waals surface area contributed by atoms with Crippen LogP contribution in [0.25, 0.3) is 0 Å². The van der Waals surface area contributed by atoms with Gasteiger partial charge in [-0.2, -0.15) is 0 Å². The number of rotatable bonds is 15. The molecule has 0 fully saturated rings. The van der Waals surface area contributed by atoms with Crippen molar-refractivity contribution in [2.75, 3.05) is 26.9 Å². The monoisotopic (exact) mass is 591 g/mol. The lowest BCUT2D eigenvalue weighted by molar-refractivity contribution is -0.362. The second kappa shape index (κ2) is 65.2. The van der Waals surface area contributed by atoms with Gasteiger partial charge >= 0.3 is 0 Å². The summed E-state index contributed by atoms with van der Waals surface area (Å²) in [6, 6.07) is 0. The van der Waals surface area contributed by atoms with Gasteiger partial charge in [-0.15, -0.1) is 19.8 Å². The minimum Gasteiger partial charge on any atom is -0.855 e. The molecule has 0 radical (unpaired) electrons. The van der Waals surface area contributed by atoms with Crippen molar-refractivity contribution in [3.63, 3.8) is 0 Å². The van der Waals surface area contributed by atoms with Crippen molar-refractivity contribution < 1.29 is 42.4 Å². The first-order chi connectivity index (χ1) is 15.6. The summed E-state index contributed by atoms with van der Waals surface area (Å²) in [7, 11) is -3.60. The van der Waals surface area contributed by atoms with Gasteiger partial charge in [0.05, 0.1) is 7.11 Å². The topological polar surface area (TPSA) is 358 Å². The van der Waals surface area contributed by atoms with Gasteiger partial charge in [0.25, 0.3) is 0 Å². The summed E-state index contributed by atoms with van der Waals surface area (Å²) in [4.78, 5) is 10.2. The van der Waals surface area contributed by atoms with Gasteiger partial charge < -0.3 is 60.5 Å². The summed E-state index contributed by atoms with van der Waals surface area (Å²) in [6.45, 7) is 6.97. The number of carbonyl (C=O) groups excluding carboxylic acids is 1. The SMILES string of the molecule is CCCCCCCCCCCCCCCC(=O)[O-].CC[O-].CC[O-].CC[O-].COS(=O)(=O)[O-].[NH4+].[NH4+].[NH4+].[NH4+].[NH4+]. The van der Waals surface area contributed by atoms with Crippen LogP contribution >= 0.6 is 0 Å². The van der Waals surface area contributed by atoms with E-state index in [1.165, 1.54) is 70.6 Å². The quantitative estimate of drug-likeness (QED) is 0.106. The van der Waals surface area contributed by atoms with Gasteiger partial charge in [-0.05, 0) is 12.8 Å². The van der Waals surface area contributed by atoms with E-state index in [0.717, 1.165) is 20.0 Å². The Kier molecular flexibility index (Phi) is 113. The van der Waals surface area contributed by atoms with E-state index in [2.05, 4.69) is 11.1 Å². The molecule has 0 aromatic heterocycles. The van der Waals surface area contributed by atoms with Crippen LogP contribution in [-0.4, -0.2) is 45.9 Å². The van der Waals surface area contributed by atoms with Gasteiger partial charge in [0.15, 0.2) is 0 Å². The van der Waals surface area contributed by atoms with Crippen molar-refractivity contribution >= 4 is 16.4 Å². The van der Waals surface area contributed by atoms with Crippen molar-refractivity contribution in [1.29, 1.82) is 0 Å². The maximum Gasteiger partial charge on any atom is 0.217 e. The Morgan fingerprint density at radius 2 is 0.763 bits per heavy atom. The largest absolute Gasteiger partial charge is 0.855 e. The average molecular weight is 592 g/mol. The third kappa shape index (κ3) is 140. The van der Waals surface area contributed by atoms with Crippen molar-refractivity contribution in [2.45, 2.75) is 118 Å². The Hall–Kier alpha value is -0.980. The molecular formula is C23H69N5O9S. The number of carbonyl (C=O) groups is 1. The third-order valence-corrected chi connectivity index (χ3v) is 4.10. The van der Waals surface area contributed by atoms with E-state index in [4.69, 9.17) is 15.3 Å². The molecule has 14 nitrogen and oxygen atoms in total. The second-order valence-electron chi connectivity index (χ2n) is 6.81. The minimum absolute atomic E-state index is 0. The number of hydrogen-bond donors (Lipinski definition) is 5. The van der Waals surface area contributed by atoms with Gasteiger partial charge in [-0.1, -0.05) is 105 Å². The fourth-order valence-electron chi connectivity index (χ4n) is 2.29. The van der Waals surface area contributed by atoms with Gasteiger partial charge in [0.2, 0.25) is 10.4 Å². The minimum atomic E-state index is -4.41. The Labute approximate surface area is 234 Å². The molecule has 0 rings (SSSR count). The zero-order valence-electron chi connectivity index (χ0n) is 26.6. The van der Waals surface area contributed by atoms with Crippen LogP contribution in [0.2, 0.25) is 0 Å². The van der Waals surface area contributed by atoms with E-state index in [9.17, 15) is 22.9 Å². The highest BCUT2D eigenvalue weighted by molar-refractivity contribution is 7.80. The Bertz CT molecular complexity index is 433. The lowest BCUT2D eigenvalue weighted by Gasteiger charge is -2.03. The first-order valence-electron chi connectivity index (χ1n) is 12.0. The standard InChI is InChI=1S/C16H32O2.3C2H5O.CH4O4S.5H3N/c1-2-3-4-5-6-7-8-9-10-11-12-13-14-15-16(17)18;3*1-2-3;1-5-6(2,3)4;;;;;/h2-15H2,1H3,(H,17,18);3*2H2,1H3;1H3,(H,2,3,4);5*1H3/q;3*-1;;;;;;/p+3. The number of carboxylic acids is 1. The maximum atomic E-state index is 10.2. The van der Waals surface area contributed by atoms with Crippen LogP contribution in [0.1, 0.15) is 118 Å². The molecule has 0 heterocycles. The number of hydrogen-bond acceptors (Lipinski definition) is 9. The lowest BCUT2D eigenvalue weighted by atomic mass is 10.0. The summed E-state index contributed by atoms with van der Waals surface area (Å²) >= 11 is 0. The molecule has 0 aromatic carbocycles. The predicted octanol–water partition coefficient (Wildman–Crippen LogP) is 3.29. The summed E-state index contributed by atoms with van der Waals surface area (Å²) in [5.74, 6) is -0.905. The van der Waals surface area contributed by atoms with Crippen LogP contribution in [0.5, 0.6) is 0 Å². The summed E-state index contributed by atoms with van der Waals surface area (Å²) in [5, 5.41) is 37.0. The summed E-state index contributed by atoms with van der Waals surface area (Å²) in [6.07, 6.45) is 16.9. The van der Waals surface area contributed by atoms with E-state index in [-0.39, 0.29) is 57.0 Å². The van der Waals surface area contributed by atoms with Crippen molar-refractivity contribution in [1.82, 2.24) is 30.8 Å². The zero-order chi connectivity index (χ0) is 26.8. The predicted molar refractivity (Wildman–Crippen MR) is 154 cm³/mol. The van der Waals surface area contributed by atoms with E-state index >= 15 is 0 Å². The second-order valence-corrected chi connectivity index (χ2v) is 7.96. The normalized spacial score (nSPS) is 8.34. The number of quaternary nitrogens is 5. The highest BCUT2D eigenvalue weighted by atomic mass is 32.3. The number of carboxylic acid groups (broad SMARTS) is 1. The maximum absolute atomic E-state index is 10.2. The van der Waals surface area contributed by atoms with Crippen molar-refractivity contribution in [3.8, 4) is 0 Å². The highest BCUT2D eigenvalue weighted by Crippen LogP contribution is 2.12. The smallest absolute Gasteiger partial charge is 0.217 e. The van der Waals surface area contributed by atoms with Gasteiger partial charge in [-0.3, -0.25) is 4.18 Å². The molecule has 0 aliphatic heterocycles. The fraction of sp³-hybridized carbons (Fsp3) is 0.957. The van der Waals surface area contributed by atoms with Crippen molar-refractivity contribution in [2.24, 2.45) is 0 Å². The summed E-state index contributed by atoms with van der Waals surface area (Å²) < 4.78 is 31.0. The molecule has 38 heavy (non-hydrogen) atoms. The van der Waals surface area contributed by atoms with Crippen LogP contribution in [-0.2, 0) is 19.4 Å². The van der Waals surface area contributed by atoms with Crippen LogP contribution in [0.4, 0.5) is 0 Å². The third-order valence-electron chi connectivity index (χ3n) is 3.69. The molecule has 0 unspecified atom stereocenters. The number of unbranched alkanes of at least 4 members (excludes halogenated alkanes) is 12. The summed E-state index contributed by atoms with van der Waals surface area (Å²) in [5.41, 5.74) is 0. The molecule has 0 spiro atoms. The molecule has 0 aliphatic rings. The molecule has 0 aliphatic carbocycles. The highest BCUT2D eigenvalue weighted by Gasteiger charge is 1.94. The molecule has 0 atom stereocenters. The zero-order valence-corrected chi connectivity index (χ0v) is 27.4. The van der Waals surface area contributed by atoms with Crippen LogP contribution in [0, 0.1) is 0 Å². The number of aliphatic carboxylic acids is 1. The van der Waals surface area contributed by atoms with E-state index in [1.807, 2.05) is 0 Å². The van der Waals surface area contributed by atoms with E-state index < -0.39 is 16.4 Å². The molecule has 20 N–H and O–H groups in total. The van der Waals surface area contributed by atoms with Gasteiger partial charge in [-0.25, -0.2) is 8.42 Å². The fourth-order valence-corrected chi connectivity index (χ4v) is 2.29. The molecule has 0 saturated heterocycles. The van der Waals surface area contributed by atoms with Crippen molar-refractivity contribution in [3.05, 3.63) is 0 Å². The molecule has 0 aromatic rings. The molecular weight excluding hydrogens is 522 g/mol. The van der Waals surface area contributed by atoms with E-state index in [1.54, 1.807) is 20.8 Å². The van der Waals surface area contributed by atoms with Crippen LogP contribution in [0.15, 0.2) is 0 Å². The Morgan fingerprint density at radius 3 is 0.921 bits per heavy atom. The lowest BCUT2D eigenvalue weighted by Crippen LogP contribution is -2.21.